The van der Waals surface area contributed by atoms with Crippen molar-refractivity contribution >= 4 is 19.8 Å². The SMILES string of the molecule is CC/C=C\C/C=C\C/C=C\C/C=C\C/C=C\C/C=C\C/C=C\C/C=C\C/C=C\C/C=C\CCCCCCCCCCCCC(=O)OC(COC(=O)CCCCCC/C=C\C/C=C\C/C=C\C/C=C\C/C=C\C/C=C\CC)COP(=O)(O)OCC[N+](C)(C)C. The quantitative estimate of drug-likeness (QED) is 0.0211. The number of carbonyl (C=O) groups is 2. The van der Waals surface area contributed by atoms with Crippen LogP contribution in [-0.2, 0) is 32.7 Å². The summed E-state index contributed by atoms with van der Waals surface area (Å²) in [6, 6.07) is 0. The monoisotopic (exact) mass is 1230 g/mol. The molecule has 88 heavy (non-hydrogen) atoms. The maximum Gasteiger partial charge on any atom is 0.472 e. The minimum atomic E-state index is -4.41. The van der Waals surface area contributed by atoms with Crippen LogP contribution in [0.15, 0.2) is 194 Å². The summed E-state index contributed by atoms with van der Waals surface area (Å²) >= 11 is 0. The summed E-state index contributed by atoms with van der Waals surface area (Å²) < 4.78 is 34.6. The Bertz CT molecular complexity index is 2190. The number of quaternary nitrogens is 1. The number of rotatable bonds is 60. The van der Waals surface area contributed by atoms with Crippen LogP contribution in [0, 0.1) is 0 Å². The van der Waals surface area contributed by atoms with Gasteiger partial charge in [-0.1, -0.05) is 272 Å². The van der Waals surface area contributed by atoms with Crippen molar-refractivity contribution in [3.05, 3.63) is 194 Å². The predicted molar refractivity (Wildman–Crippen MR) is 380 cm³/mol. The lowest BCUT2D eigenvalue weighted by molar-refractivity contribution is -0.870. The number of carbonyl (C=O) groups excluding carboxylic acids is 2. The van der Waals surface area contributed by atoms with Crippen LogP contribution in [0.5, 0.6) is 0 Å². The number of unbranched alkanes of at least 4 members (excludes halogenated alkanes) is 14. The molecular formula is C78H125NO8P+. The second-order valence-corrected chi connectivity index (χ2v) is 24.5. The molecule has 0 fully saturated rings. The van der Waals surface area contributed by atoms with E-state index in [1.165, 1.54) is 38.5 Å². The molecule has 0 spiro atoms. The van der Waals surface area contributed by atoms with E-state index in [0.29, 0.717) is 23.9 Å². The Morgan fingerprint density at radius 3 is 0.909 bits per heavy atom. The van der Waals surface area contributed by atoms with Crippen molar-refractivity contribution < 1.29 is 42.1 Å². The van der Waals surface area contributed by atoms with Crippen molar-refractivity contribution in [2.75, 3.05) is 47.5 Å². The van der Waals surface area contributed by atoms with Crippen LogP contribution < -0.4 is 0 Å². The molecule has 0 aliphatic carbocycles. The Kier molecular flexibility index (Phi) is 62.4. The van der Waals surface area contributed by atoms with E-state index in [4.69, 9.17) is 18.5 Å². The van der Waals surface area contributed by atoms with Gasteiger partial charge in [-0.3, -0.25) is 18.6 Å². The van der Waals surface area contributed by atoms with E-state index in [-0.39, 0.29) is 26.1 Å². The molecule has 2 unspecified atom stereocenters. The Morgan fingerprint density at radius 2 is 0.614 bits per heavy atom. The van der Waals surface area contributed by atoms with Crippen molar-refractivity contribution in [2.24, 2.45) is 0 Å². The minimum absolute atomic E-state index is 0.0157. The normalized spacial score (nSPS) is 14.4. The summed E-state index contributed by atoms with van der Waals surface area (Å²) in [7, 11) is 1.43. The number of allylic oxidation sites excluding steroid dienone is 32. The molecule has 0 saturated carbocycles. The summed E-state index contributed by atoms with van der Waals surface area (Å²) in [6.45, 7) is 4.14. The van der Waals surface area contributed by atoms with Crippen molar-refractivity contribution in [1.29, 1.82) is 0 Å². The third-order valence-corrected chi connectivity index (χ3v) is 14.6. The van der Waals surface area contributed by atoms with Gasteiger partial charge in [-0.2, -0.15) is 0 Å². The van der Waals surface area contributed by atoms with Crippen molar-refractivity contribution in [3.8, 4) is 0 Å². The lowest BCUT2D eigenvalue weighted by atomic mass is 10.0. The zero-order chi connectivity index (χ0) is 64.1. The first kappa shape index (κ1) is 82.8. The van der Waals surface area contributed by atoms with Crippen LogP contribution in [0.3, 0.4) is 0 Å². The first-order valence-electron chi connectivity index (χ1n) is 34.2. The number of hydrogen-bond acceptors (Lipinski definition) is 7. The first-order chi connectivity index (χ1) is 43.0. The molecule has 0 saturated heterocycles. The van der Waals surface area contributed by atoms with Gasteiger partial charge in [-0.25, -0.2) is 4.57 Å². The third kappa shape index (κ3) is 69.9. The molecule has 1 N–H and O–H groups in total. The topological polar surface area (TPSA) is 108 Å². The summed E-state index contributed by atoms with van der Waals surface area (Å²) in [5.74, 6) is -0.845. The average molecular weight is 1240 g/mol. The lowest BCUT2D eigenvalue weighted by Crippen LogP contribution is -2.37. The van der Waals surface area contributed by atoms with E-state index in [1.807, 2.05) is 21.1 Å². The van der Waals surface area contributed by atoms with Gasteiger partial charge in [0.1, 0.15) is 19.8 Å². The van der Waals surface area contributed by atoms with Gasteiger partial charge in [0, 0.05) is 12.8 Å². The van der Waals surface area contributed by atoms with Crippen molar-refractivity contribution in [3.63, 3.8) is 0 Å². The third-order valence-electron chi connectivity index (χ3n) is 13.6. The number of ether oxygens (including phenoxy) is 2. The highest BCUT2D eigenvalue weighted by molar-refractivity contribution is 7.47. The van der Waals surface area contributed by atoms with Crippen LogP contribution >= 0.6 is 7.82 Å². The number of hydrogen-bond donors (Lipinski definition) is 1. The maximum atomic E-state index is 12.9. The molecule has 0 aromatic heterocycles. The molecule has 0 radical (unpaired) electrons. The van der Waals surface area contributed by atoms with E-state index in [2.05, 4.69) is 208 Å². The summed E-state index contributed by atoms with van der Waals surface area (Å²) in [4.78, 5) is 35.8. The Morgan fingerprint density at radius 1 is 0.352 bits per heavy atom. The van der Waals surface area contributed by atoms with Gasteiger partial charge in [-0.05, 0) is 141 Å². The Hall–Kier alpha value is -5.15. The maximum absolute atomic E-state index is 12.9. The second kappa shape index (κ2) is 66.3. The fourth-order valence-electron chi connectivity index (χ4n) is 8.46. The fraction of sp³-hybridized carbons (Fsp3) is 0.564. The lowest BCUT2D eigenvalue weighted by Gasteiger charge is -2.24. The smallest absolute Gasteiger partial charge is 0.462 e. The molecule has 2 atom stereocenters. The van der Waals surface area contributed by atoms with Crippen LogP contribution in [0.1, 0.15) is 232 Å². The minimum Gasteiger partial charge on any atom is -0.462 e. The van der Waals surface area contributed by atoms with Gasteiger partial charge >= 0.3 is 19.8 Å². The number of likely N-dealkylation sites (N-methyl/N-ethyl adjacent to an activating group) is 1. The van der Waals surface area contributed by atoms with Crippen molar-refractivity contribution in [2.45, 2.75) is 238 Å². The molecule has 0 aromatic rings. The molecule has 494 valence electrons. The molecule has 9 nitrogen and oxygen atoms in total. The zero-order valence-corrected chi connectivity index (χ0v) is 57.0. The highest BCUT2D eigenvalue weighted by Crippen LogP contribution is 2.43. The van der Waals surface area contributed by atoms with E-state index in [1.54, 1.807) is 0 Å². The predicted octanol–water partition coefficient (Wildman–Crippen LogP) is 22.5. The fourth-order valence-corrected chi connectivity index (χ4v) is 9.20. The van der Waals surface area contributed by atoms with Crippen LogP contribution in [0.25, 0.3) is 0 Å². The van der Waals surface area contributed by atoms with Crippen LogP contribution in [-0.4, -0.2) is 74.9 Å². The van der Waals surface area contributed by atoms with Crippen LogP contribution in [0.4, 0.5) is 0 Å². The Balaban J connectivity index is 4.16. The molecule has 0 aromatic carbocycles. The van der Waals surface area contributed by atoms with Gasteiger partial charge in [0.15, 0.2) is 6.10 Å². The van der Waals surface area contributed by atoms with E-state index in [0.717, 1.165) is 154 Å². The molecule has 0 bridgehead atoms. The van der Waals surface area contributed by atoms with E-state index >= 15 is 0 Å². The molecular weight excluding hydrogens is 1110 g/mol. The highest BCUT2D eigenvalue weighted by atomic mass is 31.2. The molecule has 0 rings (SSSR count). The summed E-state index contributed by atoms with van der Waals surface area (Å²) in [5, 5.41) is 0. The molecule has 10 heteroatoms. The molecule has 0 heterocycles. The number of phosphoric acid groups is 1. The summed E-state index contributed by atoms with van der Waals surface area (Å²) in [6.07, 6.45) is 104. The Labute approximate surface area is 539 Å². The van der Waals surface area contributed by atoms with Gasteiger partial charge in [-0.15, -0.1) is 0 Å². The number of phosphoric ester groups is 1. The van der Waals surface area contributed by atoms with E-state index < -0.39 is 32.5 Å². The molecule has 0 amide bonds. The number of esters is 2. The average Bonchev–Trinajstić information content (AvgIpc) is 3.58. The largest absolute Gasteiger partial charge is 0.472 e. The first-order valence-corrected chi connectivity index (χ1v) is 35.7. The van der Waals surface area contributed by atoms with Gasteiger partial charge in [0.25, 0.3) is 0 Å². The second-order valence-electron chi connectivity index (χ2n) is 23.1. The van der Waals surface area contributed by atoms with Gasteiger partial charge in [0.2, 0.25) is 0 Å². The standard InChI is InChI=1S/C78H124NO8P/c1-6-8-10-12-14-16-18-20-22-24-26-28-30-31-32-33-34-35-36-37-38-39-40-41-42-43-44-45-46-47-49-51-53-55-57-59-61-63-65-67-69-71-78(81)87-76(75-86-88(82,83)85-73-72-79(3,4)5)74-84-77(80)70-68-66-64-62-60-58-56-54-52-50-48-29-27-25-23-21-19-17-15-13-11-9-7-2/h8-11,14-17,20-23,26-29,31-32,34-35,37-38,40-41,43-44,46-47,50,52,56,58,76H,6-7,12-13,18-19,24-25,30,33,36,39,42,45,48-49,51,53-55,57,59-75H2,1-5H3/p+1/b10-8-,11-9-,16-14-,17-15-,22-20-,23-21-,28-26-,29-27-,32-31-,35-34-,38-37-,41-40-,44-43-,47-46-,52-50-,58-56-. The molecule has 0 aliphatic rings. The van der Waals surface area contributed by atoms with Gasteiger partial charge in [0.05, 0.1) is 27.7 Å². The van der Waals surface area contributed by atoms with Crippen LogP contribution in [0.2, 0.25) is 0 Å². The van der Waals surface area contributed by atoms with E-state index in [9.17, 15) is 19.0 Å². The highest BCUT2D eigenvalue weighted by Gasteiger charge is 2.27. The van der Waals surface area contributed by atoms with Crippen molar-refractivity contribution in [1.82, 2.24) is 0 Å². The number of nitrogens with zero attached hydrogens (tertiary/aromatic N) is 1. The zero-order valence-electron chi connectivity index (χ0n) is 56.1. The molecule has 0 aliphatic heterocycles. The van der Waals surface area contributed by atoms with Gasteiger partial charge < -0.3 is 18.9 Å². The summed E-state index contributed by atoms with van der Waals surface area (Å²) in [5.41, 5.74) is 0.